The molecule has 0 aromatic carbocycles. The molecule has 2 radical (unpaired) electrons. The summed E-state index contributed by atoms with van der Waals surface area (Å²) in [6.07, 6.45) is 0. The quantitative estimate of drug-likeness (QED) is 0.385. The summed E-state index contributed by atoms with van der Waals surface area (Å²) in [5.74, 6) is -0.944. The number of hydrogen-bond acceptors (Lipinski definition) is 3. The van der Waals surface area contributed by atoms with Crippen LogP contribution in [0.15, 0.2) is 0 Å². The molecule has 1 N–H and O–H groups in total. The summed E-state index contributed by atoms with van der Waals surface area (Å²) in [4.78, 5) is 20.2. The van der Waals surface area contributed by atoms with Crippen molar-refractivity contribution in [2.45, 2.75) is 0 Å². The van der Waals surface area contributed by atoms with Crippen LogP contribution < -0.4 is 5.32 Å². The molecule has 0 amide bonds. The second-order valence-electron chi connectivity index (χ2n) is 1.23. The van der Waals surface area contributed by atoms with Gasteiger partial charge in [0, 0.05) is 0 Å². The van der Waals surface area contributed by atoms with Crippen molar-refractivity contribution in [2.75, 3.05) is 6.54 Å². The zero-order chi connectivity index (χ0) is 5.28. The van der Waals surface area contributed by atoms with E-state index in [1.807, 2.05) is 0 Å². The summed E-state index contributed by atoms with van der Waals surface area (Å²) < 4.78 is 0. The zero-order valence-corrected chi connectivity index (χ0v) is 3.52. The van der Waals surface area contributed by atoms with E-state index >= 15 is 0 Å². The molecule has 0 bridgehead atoms. The van der Waals surface area contributed by atoms with Gasteiger partial charge in [-0.3, -0.25) is 14.9 Å². The number of hydrogen-bond donors (Lipinski definition) is 1. The number of nitrogens with one attached hydrogen (secondary N) is 1. The van der Waals surface area contributed by atoms with Crippen molar-refractivity contribution < 1.29 is 9.59 Å². The number of carbonyl (C=O) groups excluding carboxylic acids is 2. The smallest absolute Gasteiger partial charge is 0.224 e. The highest BCUT2D eigenvalue weighted by Gasteiger charge is 2.20. The van der Waals surface area contributed by atoms with Crippen molar-refractivity contribution in [3.63, 3.8) is 0 Å². The second kappa shape index (κ2) is 1.42. The van der Waals surface area contributed by atoms with E-state index in [0.29, 0.717) is 0 Å². The predicted octanol–water partition coefficient (Wildman–Crippen LogP) is -1.23. The second-order valence-corrected chi connectivity index (χ2v) is 1.23. The third kappa shape index (κ3) is 0.667. The third-order valence-electron chi connectivity index (χ3n) is 0.704. The standard InChI is InChI=1S/C4H3NO2/c6-3-1-5-2-4(3)7/h5H,1H2. The van der Waals surface area contributed by atoms with Crippen LogP contribution >= 0.6 is 0 Å². The van der Waals surface area contributed by atoms with Gasteiger partial charge in [-0.2, -0.15) is 0 Å². The number of rotatable bonds is 0. The van der Waals surface area contributed by atoms with Gasteiger partial charge in [-0.05, 0) is 0 Å². The molecule has 1 saturated heterocycles. The maximum Gasteiger partial charge on any atom is 0.224 e. The third-order valence-corrected chi connectivity index (χ3v) is 0.704. The first-order valence-electron chi connectivity index (χ1n) is 1.87. The van der Waals surface area contributed by atoms with E-state index in [0.717, 1.165) is 0 Å². The Morgan fingerprint density at radius 3 is 2.43 bits per heavy atom. The van der Waals surface area contributed by atoms with Crippen molar-refractivity contribution in [3.05, 3.63) is 6.54 Å². The van der Waals surface area contributed by atoms with Crippen LogP contribution in [0.3, 0.4) is 0 Å². The molecule has 1 aliphatic rings. The van der Waals surface area contributed by atoms with E-state index in [4.69, 9.17) is 0 Å². The summed E-state index contributed by atoms with van der Waals surface area (Å²) in [5, 5.41) is 2.37. The Morgan fingerprint density at radius 2 is 2.29 bits per heavy atom. The lowest BCUT2D eigenvalue weighted by Gasteiger charge is -1.71. The average molecular weight is 97.1 g/mol. The first-order valence-corrected chi connectivity index (χ1v) is 1.87. The van der Waals surface area contributed by atoms with Gasteiger partial charge in [0.2, 0.25) is 11.6 Å². The Morgan fingerprint density at radius 1 is 1.57 bits per heavy atom. The lowest BCUT2D eigenvalue weighted by molar-refractivity contribution is -0.132. The fourth-order valence-corrected chi connectivity index (χ4v) is 0.355. The van der Waals surface area contributed by atoms with Gasteiger partial charge in [0.25, 0.3) is 0 Å². The molecule has 0 saturated carbocycles. The van der Waals surface area contributed by atoms with Crippen LogP contribution in [0.25, 0.3) is 0 Å². The van der Waals surface area contributed by atoms with Gasteiger partial charge in [0.15, 0.2) is 0 Å². The van der Waals surface area contributed by atoms with E-state index in [2.05, 4.69) is 11.9 Å². The molecular formula is C4H3NO2. The van der Waals surface area contributed by atoms with Crippen molar-refractivity contribution in [2.24, 2.45) is 0 Å². The van der Waals surface area contributed by atoms with Gasteiger partial charge < -0.3 is 0 Å². The first-order chi connectivity index (χ1) is 3.30. The zero-order valence-electron chi connectivity index (χ0n) is 3.52. The Hall–Kier alpha value is -0.700. The van der Waals surface area contributed by atoms with Crippen LogP contribution in [0, 0.1) is 6.54 Å². The number of carbonyl (C=O) groups is 2. The summed E-state index contributed by atoms with van der Waals surface area (Å²) in [6, 6.07) is 0. The molecule has 1 heterocycles. The molecule has 36 valence electrons. The molecule has 1 aliphatic heterocycles. The summed E-state index contributed by atoms with van der Waals surface area (Å²) >= 11 is 0. The molecule has 0 unspecified atom stereocenters. The number of ketones is 2. The Kier molecular flexibility index (Phi) is 0.906. The first kappa shape index (κ1) is 4.46. The monoisotopic (exact) mass is 97.0 g/mol. The number of Topliss-reactive ketones (excluding diaryl/α,β-unsaturated/α-hetero) is 2. The van der Waals surface area contributed by atoms with Gasteiger partial charge in [-0.15, -0.1) is 0 Å². The van der Waals surface area contributed by atoms with Crippen LogP contribution in [-0.2, 0) is 9.59 Å². The summed E-state index contributed by atoms with van der Waals surface area (Å²) in [5.41, 5.74) is 0. The molecule has 1 fully saturated rings. The molecule has 0 atom stereocenters. The van der Waals surface area contributed by atoms with Crippen LogP contribution in [0.5, 0.6) is 0 Å². The van der Waals surface area contributed by atoms with E-state index in [-0.39, 0.29) is 6.54 Å². The molecule has 0 aliphatic carbocycles. The Labute approximate surface area is 40.7 Å². The fraction of sp³-hybridized carbons (Fsp3) is 0.250. The molecule has 0 aromatic rings. The summed E-state index contributed by atoms with van der Waals surface area (Å²) in [7, 11) is 0. The van der Waals surface area contributed by atoms with E-state index < -0.39 is 11.6 Å². The van der Waals surface area contributed by atoms with Crippen molar-refractivity contribution in [1.29, 1.82) is 0 Å². The Balaban J connectivity index is 2.65. The van der Waals surface area contributed by atoms with E-state index in [1.165, 1.54) is 0 Å². The van der Waals surface area contributed by atoms with Crippen molar-refractivity contribution in [1.82, 2.24) is 5.32 Å². The molecule has 3 nitrogen and oxygen atoms in total. The minimum absolute atomic E-state index is 0.124. The maximum absolute atomic E-state index is 10.1. The molecular weight excluding hydrogens is 94.0 g/mol. The average Bonchev–Trinajstić information content (AvgIpc) is 1.91. The van der Waals surface area contributed by atoms with Gasteiger partial charge in [0.05, 0.1) is 6.54 Å². The van der Waals surface area contributed by atoms with Crippen molar-refractivity contribution in [3.8, 4) is 0 Å². The van der Waals surface area contributed by atoms with Gasteiger partial charge in [-0.25, -0.2) is 0 Å². The van der Waals surface area contributed by atoms with Gasteiger partial charge in [-0.1, -0.05) is 0 Å². The molecule has 3 heteroatoms. The minimum Gasteiger partial charge on any atom is -0.293 e. The SMILES string of the molecule is O=C1[C]NCC1=O. The molecule has 1 rings (SSSR count). The van der Waals surface area contributed by atoms with Crippen LogP contribution in [0.1, 0.15) is 0 Å². The minimum atomic E-state index is -0.542. The van der Waals surface area contributed by atoms with Crippen molar-refractivity contribution >= 4 is 11.6 Å². The van der Waals surface area contributed by atoms with E-state index in [9.17, 15) is 9.59 Å². The lowest BCUT2D eigenvalue weighted by Crippen LogP contribution is -2.07. The molecule has 0 aromatic heterocycles. The van der Waals surface area contributed by atoms with Crippen LogP contribution in [-0.4, -0.2) is 18.1 Å². The summed E-state index contributed by atoms with van der Waals surface area (Å²) in [6.45, 7) is 2.25. The predicted molar refractivity (Wildman–Crippen MR) is 21.3 cm³/mol. The van der Waals surface area contributed by atoms with Gasteiger partial charge in [0.1, 0.15) is 6.54 Å². The van der Waals surface area contributed by atoms with Crippen LogP contribution in [0.2, 0.25) is 0 Å². The fourth-order valence-electron chi connectivity index (χ4n) is 0.355. The molecule has 7 heavy (non-hydrogen) atoms. The Bertz CT molecular complexity index is 105. The van der Waals surface area contributed by atoms with Gasteiger partial charge >= 0.3 is 0 Å². The topological polar surface area (TPSA) is 46.2 Å². The highest BCUT2D eigenvalue weighted by molar-refractivity contribution is 6.43. The largest absolute Gasteiger partial charge is 0.293 e. The van der Waals surface area contributed by atoms with Crippen LogP contribution in [0.4, 0.5) is 0 Å². The highest BCUT2D eigenvalue weighted by atomic mass is 16.2. The highest BCUT2D eigenvalue weighted by Crippen LogP contribution is 1.86. The maximum atomic E-state index is 10.1. The van der Waals surface area contributed by atoms with E-state index in [1.54, 1.807) is 0 Å². The molecule has 0 spiro atoms. The lowest BCUT2D eigenvalue weighted by atomic mass is 10.3. The normalized spacial score (nSPS) is 21.1.